The van der Waals surface area contributed by atoms with Crippen LogP contribution in [0.25, 0.3) is 0 Å². The summed E-state index contributed by atoms with van der Waals surface area (Å²) in [6, 6.07) is 14.2. The summed E-state index contributed by atoms with van der Waals surface area (Å²) in [5.41, 5.74) is 4.34. The average Bonchev–Trinajstić information content (AvgIpc) is 2.59. The topological polar surface area (TPSA) is 38.3 Å². The van der Waals surface area contributed by atoms with Crippen molar-refractivity contribution < 1.29 is 9.53 Å². The van der Waals surface area contributed by atoms with Crippen LogP contribution < -0.4 is 10.1 Å². The van der Waals surface area contributed by atoms with Crippen LogP contribution >= 0.6 is 0 Å². The van der Waals surface area contributed by atoms with E-state index < -0.39 is 0 Å². The number of anilines is 1. The van der Waals surface area contributed by atoms with E-state index in [9.17, 15) is 4.79 Å². The quantitative estimate of drug-likeness (QED) is 0.708. The molecule has 1 amide bonds. The molecule has 0 radical (unpaired) electrons. The molecule has 3 nitrogen and oxygen atoms in total. The van der Waals surface area contributed by atoms with Gasteiger partial charge >= 0.3 is 0 Å². The fourth-order valence-corrected chi connectivity index (χ4v) is 2.71. The van der Waals surface area contributed by atoms with Gasteiger partial charge in [-0.3, -0.25) is 4.79 Å². The second kappa shape index (κ2) is 8.70. The van der Waals surface area contributed by atoms with Crippen LogP contribution in [0, 0.1) is 6.92 Å². The Morgan fingerprint density at radius 3 is 2.36 bits per heavy atom. The van der Waals surface area contributed by atoms with Crippen LogP contribution in [0.2, 0.25) is 0 Å². The SMILES string of the molecule is CC[C@H](C)c1ccc(NC(=O)COc2cc(C)ccc2C(C)C)cc1. The van der Waals surface area contributed by atoms with Crippen LogP contribution in [-0.4, -0.2) is 12.5 Å². The lowest BCUT2D eigenvalue weighted by Gasteiger charge is -2.15. The Morgan fingerprint density at radius 1 is 1.08 bits per heavy atom. The van der Waals surface area contributed by atoms with Crippen molar-refractivity contribution in [3.63, 3.8) is 0 Å². The van der Waals surface area contributed by atoms with E-state index in [-0.39, 0.29) is 12.5 Å². The highest BCUT2D eigenvalue weighted by atomic mass is 16.5. The fourth-order valence-electron chi connectivity index (χ4n) is 2.71. The van der Waals surface area contributed by atoms with Gasteiger partial charge in [-0.2, -0.15) is 0 Å². The zero-order chi connectivity index (χ0) is 18.4. The lowest BCUT2D eigenvalue weighted by molar-refractivity contribution is -0.118. The normalized spacial score (nSPS) is 12.1. The van der Waals surface area contributed by atoms with Crippen molar-refractivity contribution in [3.8, 4) is 5.75 Å². The highest BCUT2D eigenvalue weighted by molar-refractivity contribution is 5.91. The standard InChI is InChI=1S/C22H29NO2/c1-6-17(5)18-8-10-19(11-9-18)23-22(24)14-25-21-13-16(4)7-12-20(21)15(2)3/h7-13,15,17H,6,14H2,1-5H3,(H,23,24)/t17-/m0/s1. The van der Waals surface area contributed by atoms with Gasteiger partial charge in [0.05, 0.1) is 0 Å². The lowest BCUT2D eigenvalue weighted by atomic mass is 9.99. The number of carbonyl (C=O) groups is 1. The minimum atomic E-state index is -0.146. The zero-order valence-corrected chi connectivity index (χ0v) is 15.9. The maximum Gasteiger partial charge on any atom is 0.262 e. The smallest absolute Gasteiger partial charge is 0.262 e. The molecule has 0 saturated heterocycles. The van der Waals surface area contributed by atoms with Crippen LogP contribution in [-0.2, 0) is 4.79 Å². The van der Waals surface area contributed by atoms with Gasteiger partial charge in [0.1, 0.15) is 5.75 Å². The van der Waals surface area contributed by atoms with E-state index in [2.05, 4.69) is 57.3 Å². The van der Waals surface area contributed by atoms with Crippen molar-refractivity contribution in [2.75, 3.05) is 11.9 Å². The van der Waals surface area contributed by atoms with Crippen LogP contribution in [0.5, 0.6) is 5.75 Å². The minimum absolute atomic E-state index is 0.0102. The molecule has 25 heavy (non-hydrogen) atoms. The third kappa shape index (κ3) is 5.35. The molecule has 0 saturated carbocycles. The highest BCUT2D eigenvalue weighted by Crippen LogP contribution is 2.27. The summed E-state index contributed by atoms with van der Waals surface area (Å²) >= 11 is 0. The molecule has 0 aliphatic heterocycles. The summed E-state index contributed by atoms with van der Waals surface area (Å²) in [6.45, 7) is 10.7. The van der Waals surface area contributed by atoms with E-state index in [0.717, 1.165) is 29.0 Å². The number of nitrogens with one attached hydrogen (secondary N) is 1. The van der Waals surface area contributed by atoms with Crippen molar-refractivity contribution in [1.29, 1.82) is 0 Å². The molecule has 1 N–H and O–H groups in total. The molecular formula is C22H29NO2. The molecular weight excluding hydrogens is 310 g/mol. The van der Waals surface area contributed by atoms with Gasteiger partial charge in [0.25, 0.3) is 5.91 Å². The molecule has 2 rings (SSSR count). The minimum Gasteiger partial charge on any atom is -0.483 e. The Balaban J connectivity index is 1.96. The fraction of sp³-hybridized carbons (Fsp3) is 0.409. The van der Waals surface area contributed by atoms with Crippen LogP contribution in [0.3, 0.4) is 0 Å². The predicted molar refractivity (Wildman–Crippen MR) is 105 cm³/mol. The molecule has 2 aromatic rings. The number of aryl methyl sites for hydroxylation is 1. The number of hydrogen-bond acceptors (Lipinski definition) is 2. The first-order chi connectivity index (χ1) is 11.9. The Bertz CT molecular complexity index is 704. The van der Waals surface area contributed by atoms with Gasteiger partial charge in [-0.15, -0.1) is 0 Å². The first kappa shape index (κ1) is 19.0. The number of rotatable bonds is 7. The van der Waals surface area contributed by atoms with E-state index in [4.69, 9.17) is 4.74 Å². The molecule has 0 bridgehead atoms. The van der Waals surface area contributed by atoms with Crippen molar-refractivity contribution in [2.45, 2.75) is 52.9 Å². The Labute approximate surface area is 151 Å². The summed E-state index contributed by atoms with van der Waals surface area (Å²) in [5.74, 6) is 1.53. The monoisotopic (exact) mass is 339 g/mol. The van der Waals surface area contributed by atoms with E-state index in [1.54, 1.807) is 0 Å². The lowest BCUT2D eigenvalue weighted by Crippen LogP contribution is -2.20. The van der Waals surface area contributed by atoms with Gasteiger partial charge in [-0.1, -0.05) is 52.0 Å². The van der Waals surface area contributed by atoms with Gasteiger partial charge in [0, 0.05) is 5.69 Å². The van der Waals surface area contributed by atoms with Gasteiger partial charge in [-0.25, -0.2) is 0 Å². The van der Waals surface area contributed by atoms with Gasteiger partial charge in [0.2, 0.25) is 0 Å². The first-order valence-corrected chi connectivity index (χ1v) is 9.03. The molecule has 1 atom stereocenters. The number of hydrogen-bond donors (Lipinski definition) is 1. The molecule has 2 aromatic carbocycles. The number of benzene rings is 2. The summed E-state index contributed by atoms with van der Waals surface area (Å²) < 4.78 is 5.78. The second-order valence-electron chi connectivity index (χ2n) is 6.96. The maximum atomic E-state index is 12.2. The summed E-state index contributed by atoms with van der Waals surface area (Å²) in [5, 5.41) is 2.90. The molecule has 0 aliphatic rings. The second-order valence-corrected chi connectivity index (χ2v) is 6.96. The number of carbonyl (C=O) groups excluding carboxylic acids is 1. The van der Waals surface area contributed by atoms with Gasteiger partial charge in [0.15, 0.2) is 6.61 Å². The Morgan fingerprint density at radius 2 is 1.76 bits per heavy atom. The van der Waals surface area contributed by atoms with Crippen LogP contribution in [0.1, 0.15) is 62.6 Å². The van der Waals surface area contributed by atoms with E-state index >= 15 is 0 Å². The molecule has 0 unspecified atom stereocenters. The number of amides is 1. The third-order valence-corrected chi connectivity index (χ3v) is 4.53. The molecule has 134 valence electrons. The van der Waals surface area contributed by atoms with Gasteiger partial charge < -0.3 is 10.1 Å². The largest absolute Gasteiger partial charge is 0.483 e. The summed E-state index contributed by atoms with van der Waals surface area (Å²) in [6.07, 6.45) is 1.11. The maximum absolute atomic E-state index is 12.2. The summed E-state index contributed by atoms with van der Waals surface area (Å²) in [7, 11) is 0. The van der Waals surface area contributed by atoms with Crippen molar-refractivity contribution in [2.24, 2.45) is 0 Å². The van der Waals surface area contributed by atoms with E-state index in [0.29, 0.717) is 11.8 Å². The molecule has 0 fully saturated rings. The highest BCUT2D eigenvalue weighted by Gasteiger charge is 2.11. The first-order valence-electron chi connectivity index (χ1n) is 9.03. The van der Waals surface area contributed by atoms with Gasteiger partial charge in [-0.05, 0) is 60.1 Å². The number of ether oxygens (including phenoxy) is 1. The molecule has 0 aliphatic carbocycles. The Kier molecular flexibility index (Phi) is 6.63. The Hall–Kier alpha value is -2.29. The molecule has 3 heteroatoms. The third-order valence-electron chi connectivity index (χ3n) is 4.53. The summed E-state index contributed by atoms with van der Waals surface area (Å²) in [4.78, 5) is 12.2. The van der Waals surface area contributed by atoms with Crippen molar-refractivity contribution >= 4 is 11.6 Å². The van der Waals surface area contributed by atoms with E-state index in [1.165, 1.54) is 5.56 Å². The van der Waals surface area contributed by atoms with Crippen molar-refractivity contribution in [3.05, 3.63) is 59.2 Å². The predicted octanol–water partition coefficient (Wildman–Crippen LogP) is 5.65. The molecule has 0 spiro atoms. The molecule has 0 aromatic heterocycles. The molecule has 0 heterocycles. The van der Waals surface area contributed by atoms with E-state index in [1.807, 2.05) is 25.1 Å². The van der Waals surface area contributed by atoms with Crippen LogP contribution in [0.4, 0.5) is 5.69 Å². The zero-order valence-electron chi connectivity index (χ0n) is 15.9. The average molecular weight is 339 g/mol. The van der Waals surface area contributed by atoms with Crippen molar-refractivity contribution in [1.82, 2.24) is 0 Å². The van der Waals surface area contributed by atoms with Crippen LogP contribution in [0.15, 0.2) is 42.5 Å².